The molecular formula is C20H24N4O5. The Morgan fingerprint density at radius 2 is 1.83 bits per heavy atom. The average molecular weight is 400 g/mol. The molecule has 1 aromatic carbocycles. The van der Waals surface area contributed by atoms with Crippen molar-refractivity contribution in [2.75, 3.05) is 24.6 Å². The molecule has 9 heteroatoms. The maximum absolute atomic E-state index is 12.6. The molecule has 0 spiro atoms. The zero-order valence-electron chi connectivity index (χ0n) is 16.9. The Morgan fingerprint density at radius 1 is 1.21 bits per heavy atom. The second-order valence-corrected chi connectivity index (χ2v) is 7.41. The van der Waals surface area contributed by atoms with Crippen molar-refractivity contribution in [3.63, 3.8) is 0 Å². The van der Waals surface area contributed by atoms with Gasteiger partial charge in [-0.2, -0.15) is 5.26 Å². The maximum atomic E-state index is 12.6. The summed E-state index contributed by atoms with van der Waals surface area (Å²) < 4.78 is 4.99. The van der Waals surface area contributed by atoms with E-state index in [1.54, 1.807) is 12.1 Å². The molecule has 2 rings (SSSR count). The lowest BCUT2D eigenvalue weighted by Gasteiger charge is -2.23. The number of benzene rings is 1. The lowest BCUT2D eigenvalue weighted by Crippen LogP contribution is -2.41. The molecular weight excluding hydrogens is 376 g/mol. The quantitative estimate of drug-likeness (QED) is 0.546. The van der Waals surface area contributed by atoms with Crippen LogP contribution in [0.3, 0.4) is 0 Å². The number of nitrogens with zero attached hydrogens (tertiary/aromatic N) is 3. The molecule has 1 N–H and O–H groups in total. The number of anilines is 1. The van der Waals surface area contributed by atoms with Crippen LogP contribution in [-0.4, -0.2) is 54.0 Å². The van der Waals surface area contributed by atoms with Crippen LogP contribution in [0.2, 0.25) is 0 Å². The van der Waals surface area contributed by atoms with Crippen LogP contribution >= 0.6 is 0 Å². The number of ether oxygens (including phenoxy) is 1. The minimum Gasteiger partial charge on any atom is -0.454 e. The SMILES string of the molecule is Cc1cc(C)cc(N(CCC#N)C(=O)COC(=O)CN2C(=O)NC(C)(C)C2=O)c1. The minimum atomic E-state index is -1.09. The number of aryl methyl sites for hydroxylation is 2. The fraction of sp³-hybridized carbons (Fsp3) is 0.450. The average Bonchev–Trinajstić information content (AvgIpc) is 2.81. The molecule has 0 aliphatic carbocycles. The molecule has 0 atom stereocenters. The molecule has 0 bridgehead atoms. The number of esters is 1. The van der Waals surface area contributed by atoms with Crippen LogP contribution in [0.1, 0.15) is 31.4 Å². The fourth-order valence-corrected chi connectivity index (χ4v) is 3.02. The number of hydrogen-bond donors (Lipinski definition) is 1. The Labute approximate surface area is 169 Å². The fourth-order valence-electron chi connectivity index (χ4n) is 3.02. The molecule has 1 heterocycles. The molecule has 0 aromatic heterocycles. The molecule has 4 amide bonds. The van der Waals surface area contributed by atoms with Gasteiger partial charge in [0, 0.05) is 12.2 Å². The molecule has 9 nitrogen and oxygen atoms in total. The van der Waals surface area contributed by atoms with Crippen molar-refractivity contribution in [2.45, 2.75) is 39.7 Å². The predicted molar refractivity (Wildman–Crippen MR) is 104 cm³/mol. The molecule has 1 aromatic rings. The highest BCUT2D eigenvalue weighted by Crippen LogP contribution is 2.20. The summed E-state index contributed by atoms with van der Waals surface area (Å²) in [6.07, 6.45) is 0.115. The van der Waals surface area contributed by atoms with Crippen molar-refractivity contribution < 1.29 is 23.9 Å². The molecule has 0 saturated carbocycles. The number of amides is 4. The number of nitrogens with one attached hydrogen (secondary N) is 1. The van der Waals surface area contributed by atoms with E-state index in [-0.39, 0.29) is 13.0 Å². The monoisotopic (exact) mass is 400 g/mol. The summed E-state index contributed by atoms with van der Waals surface area (Å²) in [6.45, 7) is 5.84. The molecule has 154 valence electrons. The lowest BCUT2D eigenvalue weighted by atomic mass is 10.1. The first kappa shape index (κ1) is 21.9. The van der Waals surface area contributed by atoms with E-state index in [1.807, 2.05) is 26.0 Å². The summed E-state index contributed by atoms with van der Waals surface area (Å²) in [5.41, 5.74) is 1.42. The van der Waals surface area contributed by atoms with Crippen LogP contribution in [0.5, 0.6) is 0 Å². The van der Waals surface area contributed by atoms with Crippen LogP contribution in [0.4, 0.5) is 10.5 Å². The van der Waals surface area contributed by atoms with Crippen LogP contribution in [0.15, 0.2) is 18.2 Å². The van der Waals surface area contributed by atoms with Crippen LogP contribution in [-0.2, 0) is 19.1 Å². The van der Waals surface area contributed by atoms with Crippen LogP contribution < -0.4 is 10.2 Å². The Hall–Kier alpha value is -3.41. The number of nitriles is 1. The Balaban J connectivity index is 2.02. The van der Waals surface area contributed by atoms with Gasteiger partial charge in [0.2, 0.25) is 0 Å². The van der Waals surface area contributed by atoms with Gasteiger partial charge >= 0.3 is 12.0 Å². The molecule has 1 fully saturated rings. The highest BCUT2D eigenvalue weighted by Gasteiger charge is 2.45. The van der Waals surface area contributed by atoms with E-state index in [2.05, 4.69) is 5.32 Å². The molecule has 0 radical (unpaired) electrons. The van der Waals surface area contributed by atoms with Crippen molar-refractivity contribution in [1.29, 1.82) is 5.26 Å². The number of carbonyl (C=O) groups is 4. The smallest absolute Gasteiger partial charge is 0.326 e. The third kappa shape index (κ3) is 5.31. The summed E-state index contributed by atoms with van der Waals surface area (Å²) in [5.74, 6) is -1.92. The van der Waals surface area contributed by atoms with Gasteiger partial charge in [-0.1, -0.05) is 6.07 Å². The summed E-state index contributed by atoms with van der Waals surface area (Å²) in [7, 11) is 0. The van der Waals surface area contributed by atoms with Crippen molar-refractivity contribution in [2.24, 2.45) is 0 Å². The van der Waals surface area contributed by atoms with E-state index in [0.717, 1.165) is 16.0 Å². The number of carbonyl (C=O) groups excluding carboxylic acids is 4. The van der Waals surface area contributed by atoms with E-state index >= 15 is 0 Å². The van der Waals surface area contributed by atoms with Crippen molar-refractivity contribution in [3.8, 4) is 6.07 Å². The van der Waals surface area contributed by atoms with Gasteiger partial charge in [0.25, 0.3) is 11.8 Å². The summed E-state index contributed by atoms with van der Waals surface area (Å²) in [4.78, 5) is 50.8. The van der Waals surface area contributed by atoms with E-state index in [9.17, 15) is 19.2 Å². The Kier molecular flexibility index (Phi) is 6.59. The molecule has 1 saturated heterocycles. The normalized spacial score (nSPS) is 14.9. The number of rotatable bonds is 7. The van der Waals surface area contributed by atoms with E-state index in [1.165, 1.54) is 18.7 Å². The zero-order chi connectivity index (χ0) is 21.8. The van der Waals surface area contributed by atoms with Gasteiger partial charge < -0.3 is 15.0 Å². The highest BCUT2D eigenvalue weighted by atomic mass is 16.5. The van der Waals surface area contributed by atoms with Crippen LogP contribution in [0.25, 0.3) is 0 Å². The zero-order valence-corrected chi connectivity index (χ0v) is 16.9. The Morgan fingerprint density at radius 3 is 2.34 bits per heavy atom. The standard InChI is InChI=1S/C20H24N4O5/c1-13-8-14(2)10-15(9-13)23(7-5-6-21)16(25)12-29-17(26)11-24-18(27)20(3,4)22-19(24)28/h8-10H,5,7,11-12H2,1-4H3,(H,22,28). The number of imide groups is 1. The second-order valence-electron chi connectivity index (χ2n) is 7.41. The van der Waals surface area contributed by atoms with Gasteiger partial charge in [-0.3, -0.25) is 19.3 Å². The van der Waals surface area contributed by atoms with E-state index in [0.29, 0.717) is 5.69 Å². The van der Waals surface area contributed by atoms with Gasteiger partial charge in [0.05, 0.1) is 12.5 Å². The van der Waals surface area contributed by atoms with Crippen molar-refractivity contribution >= 4 is 29.5 Å². The van der Waals surface area contributed by atoms with Gasteiger partial charge in [-0.25, -0.2) is 4.79 Å². The number of urea groups is 1. The molecule has 1 aliphatic heterocycles. The third-order valence-electron chi connectivity index (χ3n) is 4.35. The van der Waals surface area contributed by atoms with Crippen molar-refractivity contribution in [3.05, 3.63) is 29.3 Å². The van der Waals surface area contributed by atoms with Crippen molar-refractivity contribution in [1.82, 2.24) is 10.2 Å². The van der Waals surface area contributed by atoms with Gasteiger partial charge in [-0.05, 0) is 51.0 Å². The lowest BCUT2D eigenvalue weighted by molar-refractivity contribution is -0.150. The van der Waals surface area contributed by atoms with Gasteiger partial charge in [0.15, 0.2) is 6.61 Å². The molecule has 29 heavy (non-hydrogen) atoms. The first-order chi connectivity index (χ1) is 13.5. The first-order valence-corrected chi connectivity index (χ1v) is 9.10. The second kappa shape index (κ2) is 8.73. The topological polar surface area (TPSA) is 120 Å². The first-order valence-electron chi connectivity index (χ1n) is 9.10. The van der Waals surface area contributed by atoms with Gasteiger partial charge in [-0.15, -0.1) is 0 Å². The van der Waals surface area contributed by atoms with Crippen LogP contribution in [0, 0.1) is 25.2 Å². The summed E-state index contributed by atoms with van der Waals surface area (Å²) in [5, 5.41) is 11.3. The molecule has 1 aliphatic rings. The highest BCUT2D eigenvalue weighted by molar-refractivity contribution is 6.08. The maximum Gasteiger partial charge on any atom is 0.326 e. The van der Waals surface area contributed by atoms with Gasteiger partial charge in [0.1, 0.15) is 12.1 Å². The number of hydrogen-bond acceptors (Lipinski definition) is 6. The summed E-state index contributed by atoms with van der Waals surface area (Å²) in [6, 6.07) is 6.87. The molecule has 0 unspecified atom stereocenters. The minimum absolute atomic E-state index is 0.115. The third-order valence-corrected chi connectivity index (χ3v) is 4.35. The summed E-state index contributed by atoms with van der Waals surface area (Å²) >= 11 is 0. The largest absolute Gasteiger partial charge is 0.454 e. The predicted octanol–water partition coefficient (Wildman–Crippen LogP) is 1.42. The van der Waals surface area contributed by atoms with E-state index in [4.69, 9.17) is 10.00 Å². The van der Waals surface area contributed by atoms with E-state index < -0.39 is 42.5 Å². The Bertz CT molecular complexity index is 867.